The zero-order chi connectivity index (χ0) is 63.4. The zero-order valence-electron chi connectivity index (χ0n) is 56.7. The van der Waals surface area contributed by atoms with Crippen LogP contribution in [0.15, 0.2) is 158 Å². The van der Waals surface area contributed by atoms with Gasteiger partial charge in [0.2, 0.25) is 5.91 Å². The summed E-state index contributed by atoms with van der Waals surface area (Å²) < 4.78 is 23.8. The Hall–Kier alpha value is -3.88. The fourth-order valence-electron chi connectivity index (χ4n) is 9.51. The highest BCUT2D eigenvalue weighted by molar-refractivity contribution is 7.47. The highest BCUT2D eigenvalue weighted by Crippen LogP contribution is 2.43. The van der Waals surface area contributed by atoms with Gasteiger partial charge in [0.05, 0.1) is 39.9 Å². The Morgan fingerprint density at radius 3 is 1.06 bits per heavy atom. The summed E-state index contributed by atoms with van der Waals surface area (Å²) in [4.78, 5) is 23.4. The molecule has 9 heteroatoms. The normalized spacial score (nSPS) is 14.6. The molecule has 0 saturated heterocycles. The van der Waals surface area contributed by atoms with E-state index in [0.29, 0.717) is 17.4 Å². The van der Waals surface area contributed by atoms with Crippen LogP contribution in [-0.2, 0) is 18.4 Å². The van der Waals surface area contributed by atoms with E-state index in [1.165, 1.54) is 122 Å². The van der Waals surface area contributed by atoms with Crippen molar-refractivity contribution in [2.24, 2.45) is 0 Å². The van der Waals surface area contributed by atoms with Crippen molar-refractivity contribution in [3.63, 3.8) is 0 Å². The lowest BCUT2D eigenvalue weighted by atomic mass is 10.0. The van der Waals surface area contributed by atoms with Crippen molar-refractivity contribution in [1.82, 2.24) is 5.32 Å². The zero-order valence-corrected chi connectivity index (χ0v) is 57.6. The van der Waals surface area contributed by atoms with Crippen LogP contribution in [0.25, 0.3) is 0 Å². The standard InChI is InChI=1S/C78H133N2O6P/c1-6-8-10-12-14-16-18-20-22-24-26-28-30-32-34-36-37-38-39-40-41-42-43-44-46-48-50-52-54-56-58-60-62-64-66-68-70-72-78(82)79-76(75-86-87(83,84)85-74-73-80(3,4)5)77(81)71-69-67-65-63-61-59-57-55-53-51-49-47-45-35-33-31-29-27-25-23-21-19-17-15-13-11-9-7-2/h8,10,14,16,20,22,26,28,32,34,37-38,40-41,43-44,48,50,53-56,61,63,69,71,76-77,81H,6-7,9,11-13,15,17-19,21,23-25,27,29-31,33,35-36,39,42,45-47,49,51-52,57-60,62,64-68,70,72-75H2,1-5H3,(H-,79,82,83,84)/p+1/b10-8-,16-14-,22-20-,28-26-,34-32-,38-37-,41-40-,44-43-,50-48-,55-53+,56-54-,63-61+,71-69+. The second-order valence-electron chi connectivity index (χ2n) is 24.5. The van der Waals surface area contributed by atoms with Gasteiger partial charge in [-0.05, 0) is 122 Å². The fourth-order valence-corrected chi connectivity index (χ4v) is 10.3. The van der Waals surface area contributed by atoms with Crippen LogP contribution < -0.4 is 5.32 Å². The van der Waals surface area contributed by atoms with Crippen molar-refractivity contribution in [3.05, 3.63) is 158 Å². The number of nitrogens with one attached hydrogen (secondary N) is 1. The second kappa shape index (κ2) is 66.5. The highest BCUT2D eigenvalue weighted by Gasteiger charge is 2.28. The van der Waals surface area contributed by atoms with Crippen LogP contribution in [0.4, 0.5) is 0 Å². The number of rotatable bonds is 63. The SMILES string of the molecule is CC/C=C\C/C=C\C/C=C\C/C=C\C/C=C\C/C=C\C/C=C\C/C=C\C/C=C\C/C=C\CCCCCCCCC(=O)NC(COP(=O)(O)OCC[N+](C)(C)C)C(O)/C=C/CC/C=C/CC/C=C/CCCCCCCCCCCCCCCCCCCC. The molecule has 0 aromatic heterocycles. The summed E-state index contributed by atoms with van der Waals surface area (Å²) in [6.45, 7) is 4.66. The molecular formula is C78H134N2O6P+. The molecule has 0 radical (unpaired) electrons. The highest BCUT2D eigenvalue weighted by atomic mass is 31.2. The first kappa shape index (κ1) is 83.1. The third-order valence-corrected chi connectivity index (χ3v) is 15.9. The van der Waals surface area contributed by atoms with Crippen molar-refractivity contribution in [2.75, 3.05) is 40.9 Å². The van der Waals surface area contributed by atoms with Crippen LogP contribution in [0.5, 0.6) is 0 Å². The number of allylic oxidation sites excluding steroid dienone is 25. The van der Waals surface area contributed by atoms with Crippen LogP contribution in [0.3, 0.4) is 0 Å². The molecule has 3 N–H and O–H groups in total. The van der Waals surface area contributed by atoms with Gasteiger partial charge in [0.25, 0.3) is 0 Å². The van der Waals surface area contributed by atoms with Crippen LogP contribution >= 0.6 is 7.82 Å². The quantitative estimate of drug-likeness (QED) is 0.0243. The first-order valence-electron chi connectivity index (χ1n) is 35.4. The molecule has 3 unspecified atom stereocenters. The van der Waals surface area contributed by atoms with Crippen molar-refractivity contribution < 1.29 is 32.9 Å². The lowest BCUT2D eigenvalue weighted by Crippen LogP contribution is -2.45. The maximum Gasteiger partial charge on any atom is 0.472 e. The third kappa shape index (κ3) is 69.5. The predicted molar refractivity (Wildman–Crippen MR) is 382 cm³/mol. The monoisotopic (exact) mass is 1230 g/mol. The smallest absolute Gasteiger partial charge is 0.387 e. The Labute approximate surface area is 537 Å². The molecule has 0 aliphatic heterocycles. The molecule has 8 nitrogen and oxygen atoms in total. The van der Waals surface area contributed by atoms with Gasteiger partial charge in [-0.25, -0.2) is 4.57 Å². The molecule has 0 rings (SSSR count). The molecule has 0 heterocycles. The lowest BCUT2D eigenvalue weighted by Gasteiger charge is -2.25. The van der Waals surface area contributed by atoms with Gasteiger partial charge in [-0.3, -0.25) is 13.8 Å². The van der Waals surface area contributed by atoms with Crippen molar-refractivity contribution >= 4 is 13.7 Å². The number of carbonyl (C=O) groups is 1. The molecule has 0 aliphatic rings. The minimum atomic E-state index is -4.38. The van der Waals surface area contributed by atoms with E-state index < -0.39 is 20.0 Å². The van der Waals surface area contributed by atoms with Crippen LogP contribution in [-0.4, -0.2) is 73.4 Å². The summed E-state index contributed by atoms with van der Waals surface area (Å²) in [6.07, 6.45) is 104. The summed E-state index contributed by atoms with van der Waals surface area (Å²) in [6, 6.07) is -0.892. The van der Waals surface area contributed by atoms with Crippen molar-refractivity contribution in [2.45, 2.75) is 289 Å². The molecule has 1 amide bonds. The molecular weight excluding hydrogens is 1090 g/mol. The Balaban J connectivity index is 4.24. The second-order valence-corrected chi connectivity index (χ2v) is 26.0. The van der Waals surface area contributed by atoms with Crippen LogP contribution in [0, 0.1) is 0 Å². The summed E-state index contributed by atoms with van der Waals surface area (Å²) >= 11 is 0. The number of aliphatic hydroxyl groups excluding tert-OH is 1. The average Bonchev–Trinajstić information content (AvgIpc) is 3.70. The van der Waals surface area contributed by atoms with E-state index in [0.717, 1.165) is 135 Å². The molecule has 3 atom stereocenters. The number of carbonyl (C=O) groups excluding carboxylic acids is 1. The number of amides is 1. The number of phosphoric acid groups is 1. The molecule has 87 heavy (non-hydrogen) atoms. The lowest BCUT2D eigenvalue weighted by molar-refractivity contribution is -0.870. The maximum absolute atomic E-state index is 13.0. The predicted octanol–water partition coefficient (Wildman–Crippen LogP) is 22.9. The van der Waals surface area contributed by atoms with E-state index in [2.05, 4.69) is 165 Å². The summed E-state index contributed by atoms with van der Waals surface area (Å²) in [5.41, 5.74) is 0. The van der Waals surface area contributed by atoms with Gasteiger partial charge >= 0.3 is 7.82 Å². The Morgan fingerprint density at radius 2 is 0.701 bits per heavy atom. The first-order chi connectivity index (χ1) is 42.5. The van der Waals surface area contributed by atoms with E-state index in [1.54, 1.807) is 6.08 Å². The van der Waals surface area contributed by atoms with E-state index >= 15 is 0 Å². The molecule has 496 valence electrons. The minimum absolute atomic E-state index is 0.0420. The first-order valence-corrected chi connectivity index (χ1v) is 36.9. The summed E-state index contributed by atoms with van der Waals surface area (Å²) in [5, 5.41) is 14.0. The van der Waals surface area contributed by atoms with Gasteiger partial charge < -0.3 is 19.8 Å². The maximum atomic E-state index is 13.0. The number of phosphoric ester groups is 1. The van der Waals surface area contributed by atoms with Gasteiger partial charge in [0.15, 0.2) is 0 Å². The molecule has 0 spiro atoms. The molecule has 0 bridgehead atoms. The van der Waals surface area contributed by atoms with E-state index in [1.807, 2.05) is 27.2 Å². The van der Waals surface area contributed by atoms with Crippen molar-refractivity contribution in [3.8, 4) is 0 Å². The molecule has 0 saturated carbocycles. The van der Waals surface area contributed by atoms with Gasteiger partial charge in [-0.2, -0.15) is 0 Å². The third-order valence-electron chi connectivity index (χ3n) is 15.0. The van der Waals surface area contributed by atoms with E-state index in [4.69, 9.17) is 9.05 Å². The Morgan fingerprint density at radius 1 is 0.402 bits per heavy atom. The Kier molecular flexibility index (Phi) is 63.6. The summed E-state index contributed by atoms with van der Waals surface area (Å²) in [5.74, 6) is -0.210. The molecule has 0 aromatic rings. The average molecular weight is 1230 g/mol. The van der Waals surface area contributed by atoms with Crippen molar-refractivity contribution in [1.29, 1.82) is 0 Å². The number of nitrogens with zero attached hydrogens (tertiary/aromatic N) is 1. The largest absolute Gasteiger partial charge is 0.472 e. The summed E-state index contributed by atoms with van der Waals surface area (Å²) in [7, 11) is 1.52. The van der Waals surface area contributed by atoms with Crippen LogP contribution in [0.2, 0.25) is 0 Å². The van der Waals surface area contributed by atoms with Gasteiger partial charge in [-0.15, -0.1) is 0 Å². The number of unbranched alkanes of at least 4 members (excludes halogenated alkanes) is 26. The molecule has 0 aliphatic carbocycles. The topological polar surface area (TPSA) is 105 Å². The number of hydrogen-bond acceptors (Lipinski definition) is 5. The fraction of sp³-hybridized carbons (Fsp3) is 0.654. The number of likely N-dealkylation sites (N-methyl/N-ethyl adjacent to an activating group) is 1. The van der Waals surface area contributed by atoms with E-state index in [9.17, 15) is 19.4 Å². The number of aliphatic hydroxyl groups is 1. The molecule has 0 aromatic carbocycles. The van der Waals surface area contributed by atoms with Gasteiger partial charge in [0.1, 0.15) is 13.2 Å². The van der Waals surface area contributed by atoms with Crippen LogP contribution in [0.1, 0.15) is 277 Å². The molecule has 0 fully saturated rings. The number of hydrogen-bond donors (Lipinski definition) is 3. The Bertz CT molecular complexity index is 1980. The van der Waals surface area contributed by atoms with Gasteiger partial charge in [0, 0.05) is 6.42 Å². The number of quaternary nitrogens is 1. The van der Waals surface area contributed by atoms with Gasteiger partial charge in [-0.1, -0.05) is 307 Å². The minimum Gasteiger partial charge on any atom is -0.387 e. The van der Waals surface area contributed by atoms with E-state index in [-0.39, 0.29) is 19.1 Å².